The Morgan fingerprint density at radius 3 is 2.62 bits per heavy atom. The Morgan fingerprint density at radius 2 is 1.91 bits per heavy atom. The molecule has 4 aromatic rings. The van der Waals surface area contributed by atoms with Crippen molar-refractivity contribution in [3.05, 3.63) is 69.1 Å². The predicted octanol–water partition coefficient (Wildman–Crippen LogP) is 2.01. The molecular weight excluding hydrogens is 437 g/mol. The number of hydrogen-bond acceptors (Lipinski definition) is 6. The number of H-pyrrole nitrogens is 1. The molecule has 9 nitrogen and oxygen atoms in total. The Labute approximate surface area is 195 Å². The lowest BCUT2D eigenvalue weighted by Gasteiger charge is -2.36. The van der Waals surface area contributed by atoms with Crippen LogP contribution in [0.25, 0.3) is 16.6 Å². The molecule has 4 heterocycles. The predicted molar refractivity (Wildman–Crippen MR) is 128 cm³/mol. The number of pyridine rings is 1. The number of piperazine rings is 1. The van der Waals surface area contributed by atoms with Gasteiger partial charge in [-0.25, -0.2) is 9.50 Å². The largest absolute Gasteiger partial charge is 0.365 e. The number of hydrogen-bond donors (Lipinski definition) is 2. The van der Waals surface area contributed by atoms with E-state index in [1.807, 2.05) is 24.8 Å². The van der Waals surface area contributed by atoms with E-state index in [0.717, 1.165) is 47.4 Å². The molecule has 0 aliphatic carbocycles. The molecule has 0 spiro atoms. The quantitative estimate of drug-likeness (QED) is 0.450. The van der Waals surface area contributed by atoms with E-state index in [2.05, 4.69) is 31.3 Å². The summed E-state index contributed by atoms with van der Waals surface area (Å²) >= 11 is 0. The van der Waals surface area contributed by atoms with E-state index >= 15 is 0 Å². The van der Waals surface area contributed by atoms with Crippen LogP contribution in [0.2, 0.25) is 0 Å². The van der Waals surface area contributed by atoms with E-state index in [4.69, 9.17) is 0 Å². The van der Waals surface area contributed by atoms with Crippen molar-refractivity contribution >= 4 is 28.1 Å². The third kappa shape index (κ3) is 3.69. The lowest BCUT2D eigenvalue weighted by atomic mass is 10.1. The monoisotopic (exact) mass is 463 g/mol. The average molecular weight is 464 g/mol. The first-order chi connectivity index (χ1) is 16.4. The molecule has 0 bridgehead atoms. The summed E-state index contributed by atoms with van der Waals surface area (Å²) in [6.45, 7) is 7.42. The smallest absolute Gasteiger partial charge is 0.274 e. The number of aromatic amines is 1. The second-order valence-corrected chi connectivity index (χ2v) is 8.63. The van der Waals surface area contributed by atoms with E-state index in [1.54, 1.807) is 22.8 Å². The highest BCUT2D eigenvalue weighted by Gasteiger charge is 2.22. The summed E-state index contributed by atoms with van der Waals surface area (Å²) in [6.07, 6.45) is 1.71. The van der Waals surface area contributed by atoms with Gasteiger partial charge >= 0.3 is 0 Å². The Bertz CT molecular complexity index is 1470. The van der Waals surface area contributed by atoms with Crippen molar-refractivity contribution in [1.29, 1.82) is 0 Å². The summed E-state index contributed by atoms with van der Waals surface area (Å²) in [6, 6.07) is 7.24. The summed E-state index contributed by atoms with van der Waals surface area (Å²) in [4.78, 5) is 35.4. The number of fused-ring (bicyclic) bond motifs is 3. The molecule has 176 valence electrons. The SMILES string of the molecule is CNC(=O)c1ccc(N2CCN(Cc3ccc4c([nH]c(=O)c5c(C)cnn54)c3C)CC2)c(F)n1. The van der Waals surface area contributed by atoms with Crippen LogP contribution in [0.3, 0.4) is 0 Å². The average Bonchev–Trinajstić information content (AvgIpc) is 3.23. The van der Waals surface area contributed by atoms with Crippen LogP contribution < -0.4 is 15.8 Å². The van der Waals surface area contributed by atoms with Crippen molar-refractivity contribution in [3.8, 4) is 0 Å². The van der Waals surface area contributed by atoms with Gasteiger partial charge in [0.2, 0.25) is 5.95 Å². The van der Waals surface area contributed by atoms with Gasteiger partial charge in [0.15, 0.2) is 0 Å². The lowest BCUT2D eigenvalue weighted by Crippen LogP contribution is -2.46. The minimum atomic E-state index is -0.635. The van der Waals surface area contributed by atoms with Crippen LogP contribution in [0.4, 0.5) is 10.1 Å². The summed E-state index contributed by atoms with van der Waals surface area (Å²) < 4.78 is 16.2. The molecule has 2 N–H and O–H groups in total. The van der Waals surface area contributed by atoms with Gasteiger partial charge in [-0.05, 0) is 43.2 Å². The van der Waals surface area contributed by atoms with E-state index in [0.29, 0.717) is 24.3 Å². The zero-order valence-corrected chi connectivity index (χ0v) is 19.4. The highest BCUT2D eigenvalue weighted by atomic mass is 19.1. The molecule has 3 aromatic heterocycles. The van der Waals surface area contributed by atoms with Crippen LogP contribution in [-0.4, -0.2) is 63.6 Å². The summed E-state index contributed by atoms with van der Waals surface area (Å²) in [5.41, 5.74) is 5.56. The Hall–Kier alpha value is -3.79. The molecule has 1 saturated heterocycles. The summed E-state index contributed by atoms with van der Waals surface area (Å²) in [7, 11) is 1.49. The standard InChI is InChI=1S/C24H26FN7O2/c1-14-12-27-32-18-6-4-16(15(2)20(18)29-24(34)21(14)32)13-30-8-10-31(11-9-30)19-7-5-17(23(33)26-3)28-22(19)25/h4-7,12H,8-11,13H2,1-3H3,(H,26,33)(H,29,34). The number of amides is 1. The fourth-order valence-corrected chi connectivity index (χ4v) is 4.61. The number of nitrogens with one attached hydrogen (secondary N) is 2. The summed E-state index contributed by atoms with van der Waals surface area (Å²) in [5, 5.41) is 6.83. The second kappa shape index (κ2) is 8.53. The number of carbonyl (C=O) groups is 1. The maximum absolute atomic E-state index is 14.5. The van der Waals surface area contributed by atoms with Crippen molar-refractivity contribution < 1.29 is 9.18 Å². The normalized spacial score (nSPS) is 14.8. The molecule has 0 atom stereocenters. The number of benzene rings is 1. The van der Waals surface area contributed by atoms with E-state index in [9.17, 15) is 14.0 Å². The van der Waals surface area contributed by atoms with Crippen molar-refractivity contribution in [1.82, 2.24) is 29.8 Å². The van der Waals surface area contributed by atoms with Crippen LogP contribution >= 0.6 is 0 Å². The second-order valence-electron chi connectivity index (χ2n) is 8.63. The maximum atomic E-state index is 14.5. The number of anilines is 1. The van der Waals surface area contributed by atoms with Gasteiger partial charge in [0, 0.05) is 45.3 Å². The fraction of sp³-hybridized carbons (Fsp3) is 0.333. The minimum absolute atomic E-state index is 0.0646. The van der Waals surface area contributed by atoms with Gasteiger partial charge in [-0.1, -0.05) is 6.07 Å². The fourth-order valence-electron chi connectivity index (χ4n) is 4.61. The molecule has 34 heavy (non-hydrogen) atoms. The lowest BCUT2D eigenvalue weighted by molar-refractivity contribution is 0.0957. The van der Waals surface area contributed by atoms with Crippen LogP contribution in [0, 0.1) is 19.8 Å². The molecule has 1 aromatic carbocycles. The Kier molecular flexibility index (Phi) is 5.52. The van der Waals surface area contributed by atoms with Crippen LogP contribution in [0.5, 0.6) is 0 Å². The molecule has 1 aliphatic heterocycles. The molecule has 1 fully saturated rings. The van der Waals surface area contributed by atoms with E-state index in [-0.39, 0.29) is 11.3 Å². The first-order valence-corrected chi connectivity index (χ1v) is 11.2. The van der Waals surface area contributed by atoms with E-state index in [1.165, 1.54) is 7.05 Å². The number of aromatic nitrogens is 4. The van der Waals surface area contributed by atoms with Crippen LogP contribution in [-0.2, 0) is 6.54 Å². The number of nitrogens with zero attached hydrogens (tertiary/aromatic N) is 5. The number of carbonyl (C=O) groups excluding carboxylic acids is 1. The van der Waals surface area contributed by atoms with Gasteiger partial charge < -0.3 is 15.2 Å². The van der Waals surface area contributed by atoms with Gasteiger partial charge in [0.05, 0.1) is 22.9 Å². The molecule has 0 saturated carbocycles. The number of halogens is 1. The highest BCUT2D eigenvalue weighted by molar-refractivity contribution is 5.92. The van der Waals surface area contributed by atoms with Crippen molar-refractivity contribution in [2.45, 2.75) is 20.4 Å². The molecule has 1 aliphatic rings. The zero-order valence-electron chi connectivity index (χ0n) is 19.4. The van der Waals surface area contributed by atoms with Gasteiger partial charge in [0.1, 0.15) is 11.2 Å². The molecular formula is C24H26FN7O2. The van der Waals surface area contributed by atoms with Crippen molar-refractivity contribution in [2.24, 2.45) is 0 Å². The van der Waals surface area contributed by atoms with E-state index < -0.39 is 11.9 Å². The third-order valence-corrected chi connectivity index (χ3v) is 6.58. The number of rotatable bonds is 4. The first-order valence-electron chi connectivity index (χ1n) is 11.2. The zero-order chi connectivity index (χ0) is 24.0. The number of aryl methyl sites for hydroxylation is 2. The van der Waals surface area contributed by atoms with Gasteiger partial charge in [-0.2, -0.15) is 9.49 Å². The van der Waals surface area contributed by atoms with Crippen LogP contribution in [0.15, 0.2) is 35.3 Å². The molecule has 5 rings (SSSR count). The van der Waals surface area contributed by atoms with Crippen molar-refractivity contribution in [3.63, 3.8) is 0 Å². The maximum Gasteiger partial charge on any atom is 0.274 e. The van der Waals surface area contributed by atoms with Gasteiger partial charge in [0.25, 0.3) is 11.5 Å². The first kappa shape index (κ1) is 22.0. The molecule has 0 radical (unpaired) electrons. The molecule has 0 unspecified atom stereocenters. The van der Waals surface area contributed by atoms with Crippen molar-refractivity contribution in [2.75, 3.05) is 38.1 Å². The highest BCUT2D eigenvalue weighted by Crippen LogP contribution is 2.24. The van der Waals surface area contributed by atoms with Crippen LogP contribution in [0.1, 0.15) is 27.2 Å². The molecule has 10 heteroatoms. The topological polar surface area (TPSA) is 98.6 Å². The van der Waals surface area contributed by atoms with Gasteiger partial charge in [-0.15, -0.1) is 0 Å². The minimum Gasteiger partial charge on any atom is -0.365 e. The Balaban J connectivity index is 1.32. The third-order valence-electron chi connectivity index (χ3n) is 6.58. The van der Waals surface area contributed by atoms with Gasteiger partial charge in [-0.3, -0.25) is 14.5 Å². The summed E-state index contributed by atoms with van der Waals surface area (Å²) in [5.74, 6) is -1.05. The Morgan fingerprint density at radius 1 is 1.15 bits per heavy atom. The molecule has 1 amide bonds.